The first kappa shape index (κ1) is 22.9. The first-order chi connectivity index (χ1) is 15.0. The molecule has 0 saturated carbocycles. The Morgan fingerprint density at radius 3 is 2.42 bits per heavy atom. The zero-order valence-electron chi connectivity index (χ0n) is 17.7. The zero-order valence-corrected chi connectivity index (χ0v) is 19.3. The van der Waals surface area contributed by atoms with Crippen LogP contribution in [0.2, 0.25) is 0 Å². The molecule has 0 saturated heterocycles. The van der Waals surface area contributed by atoms with Crippen molar-refractivity contribution in [3.8, 4) is 5.75 Å². The first-order valence-corrected chi connectivity index (χ1v) is 11.3. The molecule has 2 amide bonds. The van der Waals surface area contributed by atoms with E-state index >= 15 is 0 Å². The van der Waals surface area contributed by atoms with E-state index in [0.717, 1.165) is 28.4 Å². The molecule has 1 heterocycles. The number of urea groups is 1. The number of carbonyl (C=O) groups is 2. The first-order valence-electron chi connectivity index (χ1n) is 10.5. The Morgan fingerprint density at radius 2 is 1.77 bits per heavy atom. The van der Waals surface area contributed by atoms with E-state index in [2.05, 4.69) is 33.5 Å². The molecule has 2 N–H and O–H groups in total. The second kappa shape index (κ2) is 11.0. The maximum Gasteiger partial charge on any atom is 0.338 e. The highest BCUT2D eigenvalue weighted by atomic mass is 79.9. The van der Waals surface area contributed by atoms with E-state index in [4.69, 9.17) is 9.47 Å². The molecule has 1 unspecified atom stereocenters. The Labute approximate surface area is 191 Å². The Bertz CT molecular complexity index is 939. The van der Waals surface area contributed by atoms with Crippen molar-refractivity contribution in [3.63, 3.8) is 0 Å². The average Bonchev–Trinajstić information content (AvgIpc) is 2.77. The number of rotatable bonds is 9. The minimum absolute atomic E-state index is 0.271. The third-order valence-corrected chi connectivity index (χ3v) is 5.49. The van der Waals surface area contributed by atoms with Crippen LogP contribution in [0.4, 0.5) is 4.79 Å². The number of benzene rings is 2. The van der Waals surface area contributed by atoms with Crippen LogP contribution in [0, 0.1) is 0 Å². The topological polar surface area (TPSA) is 76.7 Å². The minimum atomic E-state index is -0.569. The van der Waals surface area contributed by atoms with E-state index in [1.165, 1.54) is 0 Å². The molecule has 0 aromatic heterocycles. The summed E-state index contributed by atoms with van der Waals surface area (Å²) in [6.07, 6.45) is 2.44. The van der Waals surface area contributed by atoms with Gasteiger partial charge in [0.25, 0.3) is 0 Å². The third-order valence-electron chi connectivity index (χ3n) is 4.96. The van der Waals surface area contributed by atoms with Gasteiger partial charge in [0.05, 0.1) is 18.2 Å². The molecule has 31 heavy (non-hydrogen) atoms. The lowest BCUT2D eigenvalue weighted by Gasteiger charge is -2.29. The monoisotopic (exact) mass is 486 g/mol. The van der Waals surface area contributed by atoms with Crippen LogP contribution in [0.15, 0.2) is 64.3 Å². The Hall–Kier alpha value is -2.80. The molecule has 0 aliphatic carbocycles. The second-order valence-corrected chi connectivity index (χ2v) is 8.15. The van der Waals surface area contributed by atoms with Gasteiger partial charge in [-0.25, -0.2) is 9.59 Å². The molecule has 2 aromatic carbocycles. The number of amides is 2. The molecule has 7 heteroatoms. The van der Waals surface area contributed by atoms with E-state index < -0.39 is 12.0 Å². The molecule has 0 spiro atoms. The minimum Gasteiger partial charge on any atom is -0.489 e. The van der Waals surface area contributed by atoms with Crippen molar-refractivity contribution < 1.29 is 19.1 Å². The Balaban J connectivity index is 1.80. The molecule has 0 fully saturated rings. The molecule has 1 aliphatic heterocycles. The van der Waals surface area contributed by atoms with Crippen molar-refractivity contribution in [1.82, 2.24) is 10.6 Å². The number of hydrogen-bond donors (Lipinski definition) is 2. The van der Waals surface area contributed by atoms with Crippen LogP contribution < -0.4 is 15.4 Å². The van der Waals surface area contributed by atoms with Crippen LogP contribution in [0.5, 0.6) is 5.75 Å². The fourth-order valence-electron chi connectivity index (χ4n) is 3.37. The smallest absolute Gasteiger partial charge is 0.338 e. The number of unbranched alkanes of at least 4 members (excludes halogenated alkanes) is 1. The van der Waals surface area contributed by atoms with Crippen molar-refractivity contribution in [3.05, 3.63) is 75.4 Å². The van der Waals surface area contributed by atoms with Gasteiger partial charge >= 0.3 is 12.0 Å². The van der Waals surface area contributed by atoms with Crippen molar-refractivity contribution in [1.29, 1.82) is 0 Å². The molecule has 0 bridgehead atoms. The lowest BCUT2D eigenvalue weighted by molar-refractivity contribution is -0.139. The number of ether oxygens (including phenoxy) is 2. The van der Waals surface area contributed by atoms with Crippen molar-refractivity contribution >= 4 is 27.9 Å². The standard InChI is InChI=1S/C24H27BrN2O4/c1-3-5-6-20-21(23(28)30-4-2)22(27-24(29)26-20)17-9-13-19(14-10-17)31-15-16-7-11-18(25)12-8-16/h7-14,22H,3-6,15H2,1-2H3,(H2,26,27,29). The Morgan fingerprint density at radius 1 is 1.06 bits per heavy atom. The number of carbonyl (C=O) groups excluding carboxylic acids is 2. The lowest BCUT2D eigenvalue weighted by atomic mass is 9.93. The van der Waals surface area contributed by atoms with Gasteiger partial charge in [0, 0.05) is 10.2 Å². The summed E-state index contributed by atoms with van der Waals surface area (Å²) in [5.74, 6) is 0.293. The molecular weight excluding hydrogens is 460 g/mol. The van der Waals surface area contributed by atoms with Gasteiger partial charge in [0.2, 0.25) is 0 Å². The lowest BCUT2D eigenvalue weighted by Crippen LogP contribution is -2.46. The van der Waals surface area contributed by atoms with E-state index in [9.17, 15) is 9.59 Å². The van der Waals surface area contributed by atoms with Crippen LogP contribution >= 0.6 is 15.9 Å². The fraction of sp³-hybridized carbons (Fsp3) is 0.333. The molecule has 6 nitrogen and oxygen atoms in total. The average molecular weight is 487 g/mol. The number of halogens is 1. The predicted molar refractivity (Wildman–Crippen MR) is 123 cm³/mol. The molecule has 3 rings (SSSR count). The van der Waals surface area contributed by atoms with Gasteiger partial charge in [-0.3, -0.25) is 0 Å². The van der Waals surface area contributed by atoms with Crippen LogP contribution in [0.3, 0.4) is 0 Å². The van der Waals surface area contributed by atoms with Gasteiger partial charge in [0.1, 0.15) is 12.4 Å². The summed E-state index contributed by atoms with van der Waals surface area (Å²) in [5, 5.41) is 5.65. The third kappa shape index (κ3) is 6.10. The molecule has 1 atom stereocenters. The zero-order chi connectivity index (χ0) is 22.2. The van der Waals surface area contributed by atoms with Crippen LogP contribution in [0.1, 0.15) is 50.3 Å². The van der Waals surface area contributed by atoms with Gasteiger partial charge in [-0.2, -0.15) is 0 Å². The van der Waals surface area contributed by atoms with Gasteiger partial charge < -0.3 is 20.1 Å². The van der Waals surface area contributed by atoms with Gasteiger partial charge in [-0.15, -0.1) is 0 Å². The summed E-state index contributed by atoms with van der Waals surface area (Å²) in [5.41, 5.74) is 2.94. The largest absolute Gasteiger partial charge is 0.489 e. The fourth-order valence-corrected chi connectivity index (χ4v) is 3.64. The van der Waals surface area contributed by atoms with E-state index in [1.807, 2.05) is 48.5 Å². The molecule has 1 aliphatic rings. The maximum atomic E-state index is 12.7. The second-order valence-electron chi connectivity index (χ2n) is 7.23. The van der Waals surface area contributed by atoms with E-state index in [0.29, 0.717) is 30.0 Å². The Kier molecular flexibility index (Phi) is 8.12. The summed E-state index contributed by atoms with van der Waals surface area (Å²) in [6.45, 7) is 4.56. The predicted octanol–water partition coefficient (Wildman–Crippen LogP) is 5.39. The van der Waals surface area contributed by atoms with Crippen LogP contribution in [-0.4, -0.2) is 18.6 Å². The van der Waals surface area contributed by atoms with Crippen molar-refractivity contribution in [2.24, 2.45) is 0 Å². The van der Waals surface area contributed by atoms with Gasteiger partial charge in [-0.1, -0.05) is 53.5 Å². The number of hydrogen-bond acceptors (Lipinski definition) is 4. The number of esters is 1. The maximum absolute atomic E-state index is 12.7. The summed E-state index contributed by atoms with van der Waals surface area (Å²) >= 11 is 3.42. The van der Waals surface area contributed by atoms with E-state index in [1.54, 1.807) is 6.92 Å². The molecule has 164 valence electrons. The molecule has 2 aromatic rings. The summed E-state index contributed by atoms with van der Waals surface area (Å²) in [6, 6.07) is 14.5. The number of nitrogens with one attached hydrogen (secondary N) is 2. The molecular formula is C24H27BrN2O4. The van der Waals surface area contributed by atoms with E-state index in [-0.39, 0.29) is 12.6 Å². The van der Waals surface area contributed by atoms with Gasteiger partial charge in [-0.05, 0) is 55.2 Å². The summed E-state index contributed by atoms with van der Waals surface area (Å²) < 4.78 is 12.2. The highest BCUT2D eigenvalue weighted by Crippen LogP contribution is 2.30. The highest BCUT2D eigenvalue weighted by Gasteiger charge is 2.33. The normalized spacial score (nSPS) is 15.8. The quantitative estimate of drug-likeness (QED) is 0.465. The van der Waals surface area contributed by atoms with Crippen LogP contribution in [-0.2, 0) is 16.1 Å². The summed E-state index contributed by atoms with van der Waals surface area (Å²) in [7, 11) is 0. The number of allylic oxidation sites excluding steroid dienone is 1. The summed E-state index contributed by atoms with van der Waals surface area (Å²) in [4.78, 5) is 25.0. The molecule has 0 radical (unpaired) electrons. The van der Waals surface area contributed by atoms with Crippen molar-refractivity contribution in [2.75, 3.05) is 6.61 Å². The van der Waals surface area contributed by atoms with Gasteiger partial charge in [0.15, 0.2) is 0 Å². The SMILES string of the molecule is CCCCC1=C(C(=O)OCC)C(c2ccc(OCc3ccc(Br)cc3)cc2)NC(=O)N1. The van der Waals surface area contributed by atoms with Crippen molar-refractivity contribution in [2.45, 2.75) is 45.8 Å². The highest BCUT2D eigenvalue weighted by molar-refractivity contribution is 9.10. The van der Waals surface area contributed by atoms with Crippen LogP contribution in [0.25, 0.3) is 0 Å².